The van der Waals surface area contributed by atoms with E-state index < -0.39 is 0 Å². The summed E-state index contributed by atoms with van der Waals surface area (Å²) in [6, 6.07) is 8.62. The molecule has 162 valence electrons. The van der Waals surface area contributed by atoms with Gasteiger partial charge in [0.05, 0.1) is 6.61 Å². The van der Waals surface area contributed by atoms with Gasteiger partial charge >= 0.3 is 0 Å². The normalized spacial score (nSPS) is 18.4. The van der Waals surface area contributed by atoms with Crippen molar-refractivity contribution in [2.75, 3.05) is 13.7 Å². The van der Waals surface area contributed by atoms with Crippen LogP contribution in [0.2, 0.25) is 0 Å². The topological polar surface area (TPSA) is 55.3 Å². The number of rotatable bonds is 7. The zero-order chi connectivity index (χ0) is 20.4. The Labute approximate surface area is 181 Å². The van der Waals surface area contributed by atoms with Crippen molar-refractivity contribution in [2.24, 2.45) is 0 Å². The number of aryl methyl sites for hydroxylation is 1. The number of benzene rings is 1. The number of para-hydroxylation sites is 1. The maximum absolute atomic E-state index is 12.7. The Morgan fingerprint density at radius 1 is 1.21 bits per heavy atom. The van der Waals surface area contributed by atoms with Gasteiger partial charge in [0.2, 0.25) is 5.91 Å². The number of ether oxygens (including phenoxy) is 1. The number of carbonyl (C=O) groups excluding carboxylic acids is 1. The number of hydrogen-bond acceptors (Lipinski definition) is 3. The molecule has 0 saturated carbocycles. The van der Waals surface area contributed by atoms with E-state index in [1.54, 1.807) is 7.11 Å². The summed E-state index contributed by atoms with van der Waals surface area (Å²) in [5, 5.41) is 8.18. The van der Waals surface area contributed by atoms with Gasteiger partial charge in [0.25, 0.3) is 0 Å². The van der Waals surface area contributed by atoms with Gasteiger partial charge in [0, 0.05) is 54.3 Å². The van der Waals surface area contributed by atoms with Gasteiger partial charge in [-0.05, 0) is 58.6 Å². The Morgan fingerprint density at radius 2 is 1.86 bits per heavy atom. The Bertz CT molecular complexity index is 813. The average molecular weight is 422 g/mol. The first kappa shape index (κ1) is 23.7. The molecule has 1 aromatic carbocycles. The van der Waals surface area contributed by atoms with E-state index in [1.807, 2.05) is 0 Å². The van der Waals surface area contributed by atoms with Crippen LogP contribution in [0.25, 0.3) is 10.9 Å². The summed E-state index contributed by atoms with van der Waals surface area (Å²) >= 11 is 0. The van der Waals surface area contributed by atoms with Crippen molar-refractivity contribution in [3.8, 4) is 0 Å². The fourth-order valence-electron chi connectivity index (χ4n) is 4.87. The molecule has 0 bridgehead atoms. The minimum absolute atomic E-state index is 0. The van der Waals surface area contributed by atoms with Gasteiger partial charge in [-0.15, -0.1) is 12.4 Å². The third-order valence-electron chi connectivity index (χ3n) is 5.58. The lowest BCUT2D eigenvalue weighted by molar-refractivity contribution is -0.122. The molecule has 2 heterocycles. The Balaban J connectivity index is 0.00000300. The van der Waals surface area contributed by atoms with E-state index in [-0.39, 0.29) is 35.4 Å². The van der Waals surface area contributed by atoms with Crippen LogP contribution in [0.3, 0.4) is 0 Å². The molecule has 1 saturated heterocycles. The number of halogens is 1. The van der Waals surface area contributed by atoms with Crippen LogP contribution in [-0.2, 0) is 22.5 Å². The van der Waals surface area contributed by atoms with E-state index in [1.165, 1.54) is 16.5 Å². The van der Waals surface area contributed by atoms with Crippen molar-refractivity contribution in [1.29, 1.82) is 0 Å². The molecule has 1 fully saturated rings. The molecular formula is C23H36ClN3O2. The molecule has 1 aliphatic rings. The summed E-state index contributed by atoms with van der Waals surface area (Å²) in [6.45, 7) is 10.3. The standard InChI is InChI=1S/C23H35N3O2.ClH/c1-22(2)14-18(15-23(3,4)25-22)24-21(27)11-10-17-16-26(12-13-28-5)20-9-7-6-8-19(17)20;/h6-9,16,18,25H,10-15H2,1-5H3,(H,24,27);1H. The lowest BCUT2D eigenvalue weighted by atomic mass is 9.79. The van der Waals surface area contributed by atoms with Crippen molar-refractivity contribution in [3.05, 3.63) is 36.0 Å². The third kappa shape index (κ3) is 6.21. The van der Waals surface area contributed by atoms with Crippen molar-refractivity contribution in [1.82, 2.24) is 15.2 Å². The number of piperidine rings is 1. The maximum Gasteiger partial charge on any atom is 0.220 e. The highest BCUT2D eigenvalue weighted by atomic mass is 35.5. The number of methoxy groups -OCH3 is 1. The zero-order valence-electron chi connectivity index (χ0n) is 18.4. The van der Waals surface area contributed by atoms with Gasteiger partial charge in [-0.3, -0.25) is 4.79 Å². The van der Waals surface area contributed by atoms with Gasteiger partial charge in [-0.2, -0.15) is 0 Å². The summed E-state index contributed by atoms with van der Waals surface area (Å²) in [5.41, 5.74) is 2.51. The lowest BCUT2D eigenvalue weighted by Crippen LogP contribution is -2.62. The van der Waals surface area contributed by atoms with Crippen LogP contribution >= 0.6 is 12.4 Å². The van der Waals surface area contributed by atoms with Crippen LogP contribution in [0.1, 0.15) is 52.5 Å². The molecule has 3 rings (SSSR count). The molecule has 0 radical (unpaired) electrons. The summed E-state index contributed by atoms with van der Waals surface area (Å²) in [7, 11) is 1.72. The highest BCUT2D eigenvalue weighted by Crippen LogP contribution is 2.28. The molecule has 0 aliphatic carbocycles. The SMILES string of the molecule is COCCn1cc(CCC(=O)NC2CC(C)(C)NC(C)(C)C2)c2ccccc21.Cl. The predicted octanol–water partition coefficient (Wildman–Crippen LogP) is 4.07. The van der Waals surface area contributed by atoms with Crippen molar-refractivity contribution >= 4 is 29.2 Å². The van der Waals surface area contributed by atoms with Gasteiger partial charge in [0.1, 0.15) is 0 Å². The average Bonchev–Trinajstić information content (AvgIpc) is 2.93. The molecule has 2 aromatic rings. The smallest absolute Gasteiger partial charge is 0.220 e. The van der Waals surface area contributed by atoms with E-state index in [2.05, 4.69) is 73.4 Å². The van der Waals surface area contributed by atoms with E-state index >= 15 is 0 Å². The predicted molar refractivity (Wildman–Crippen MR) is 122 cm³/mol. The van der Waals surface area contributed by atoms with Crippen LogP contribution in [-0.4, -0.2) is 41.3 Å². The van der Waals surface area contributed by atoms with Gasteiger partial charge in [-0.1, -0.05) is 18.2 Å². The van der Waals surface area contributed by atoms with E-state index in [9.17, 15) is 4.79 Å². The number of carbonyl (C=O) groups is 1. The molecule has 1 amide bonds. The second-order valence-corrected chi connectivity index (χ2v) is 9.42. The van der Waals surface area contributed by atoms with Crippen LogP contribution in [0.4, 0.5) is 0 Å². The lowest BCUT2D eigenvalue weighted by Gasteiger charge is -2.46. The quantitative estimate of drug-likeness (QED) is 0.708. The van der Waals surface area contributed by atoms with Gasteiger partial charge in [-0.25, -0.2) is 0 Å². The first-order valence-electron chi connectivity index (χ1n) is 10.3. The van der Waals surface area contributed by atoms with E-state index in [0.717, 1.165) is 25.8 Å². The largest absolute Gasteiger partial charge is 0.383 e. The molecule has 0 unspecified atom stereocenters. The van der Waals surface area contributed by atoms with Crippen molar-refractivity contribution in [2.45, 2.75) is 77.0 Å². The summed E-state index contributed by atoms with van der Waals surface area (Å²) in [6.07, 6.45) is 5.36. The number of fused-ring (bicyclic) bond motifs is 1. The zero-order valence-corrected chi connectivity index (χ0v) is 19.2. The van der Waals surface area contributed by atoms with Crippen LogP contribution in [0.5, 0.6) is 0 Å². The summed E-state index contributed by atoms with van der Waals surface area (Å²) < 4.78 is 7.46. The first-order valence-corrected chi connectivity index (χ1v) is 10.3. The molecule has 29 heavy (non-hydrogen) atoms. The minimum Gasteiger partial charge on any atom is -0.383 e. The van der Waals surface area contributed by atoms with E-state index in [4.69, 9.17) is 4.74 Å². The molecule has 6 heteroatoms. The van der Waals surface area contributed by atoms with Gasteiger partial charge < -0.3 is 19.9 Å². The number of hydrogen-bond donors (Lipinski definition) is 2. The number of nitrogens with one attached hydrogen (secondary N) is 2. The molecule has 1 aliphatic heterocycles. The second kappa shape index (κ2) is 9.50. The highest BCUT2D eigenvalue weighted by molar-refractivity contribution is 5.85. The Morgan fingerprint density at radius 3 is 2.52 bits per heavy atom. The third-order valence-corrected chi connectivity index (χ3v) is 5.58. The molecule has 1 aromatic heterocycles. The Kier molecular flexibility index (Phi) is 7.77. The molecule has 2 N–H and O–H groups in total. The van der Waals surface area contributed by atoms with Crippen LogP contribution in [0.15, 0.2) is 30.5 Å². The van der Waals surface area contributed by atoms with Crippen molar-refractivity contribution < 1.29 is 9.53 Å². The minimum atomic E-state index is 0. The number of nitrogens with zero attached hydrogens (tertiary/aromatic N) is 1. The summed E-state index contributed by atoms with van der Waals surface area (Å²) in [4.78, 5) is 12.7. The molecular weight excluding hydrogens is 386 g/mol. The monoisotopic (exact) mass is 421 g/mol. The number of amides is 1. The fraction of sp³-hybridized carbons (Fsp3) is 0.609. The van der Waals surface area contributed by atoms with Crippen molar-refractivity contribution in [3.63, 3.8) is 0 Å². The molecule has 0 spiro atoms. The highest BCUT2D eigenvalue weighted by Gasteiger charge is 2.38. The maximum atomic E-state index is 12.7. The van der Waals surface area contributed by atoms with Crippen LogP contribution in [0, 0.1) is 0 Å². The first-order chi connectivity index (χ1) is 13.2. The second-order valence-electron chi connectivity index (χ2n) is 9.42. The molecule has 5 nitrogen and oxygen atoms in total. The number of aromatic nitrogens is 1. The van der Waals surface area contributed by atoms with E-state index in [0.29, 0.717) is 13.0 Å². The Hall–Kier alpha value is -1.56. The van der Waals surface area contributed by atoms with Gasteiger partial charge in [0.15, 0.2) is 0 Å². The van der Waals surface area contributed by atoms with Crippen LogP contribution < -0.4 is 10.6 Å². The fourth-order valence-corrected chi connectivity index (χ4v) is 4.87. The molecule has 0 atom stereocenters. The summed E-state index contributed by atoms with van der Waals surface area (Å²) in [5.74, 6) is 0.146.